The summed E-state index contributed by atoms with van der Waals surface area (Å²) in [4.78, 5) is 5.11. The topological polar surface area (TPSA) is 6.48 Å². The molecule has 0 bridgehead atoms. The van der Waals surface area contributed by atoms with Crippen LogP contribution in [0.5, 0.6) is 0 Å². The van der Waals surface area contributed by atoms with E-state index in [1.165, 1.54) is 38.2 Å². The van der Waals surface area contributed by atoms with E-state index in [1.807, 2.05) is 0 Å². The number of para-hydroxylation sites is 1. The third-order valence-corrected chi connectivity index (χ3v) is 3.87. The lowest BCUT2D eigenvalue weighted by Gasteiger charge is -2.39. The first kappa shape index (κ1) is 12.4. The lowest BCUT2D eigenvalue weighted by atomic mass is 10.0. The van der Waals surface area contributed by atoms with Crippen molar-refractivity contribution in [3.05, 3.63) is 30.3 Å². The summed E-state index contributed by atoms with van der Waals surface area (Å²) in [6.07, 6.45) is 2.60. The van der Waals surface area contributed by atoms with Crippen molar-refractivity contribution < 1.29 is 0 Å². The van der Waals surface area contributed by atoms with E-state index < -0.39 is 0 Å². The van der Waals surface area contributed by atoms with E-state index in [1.54, 1.807) is 0 Å². The molecule has 0 unspecified atom stereocenters. The molecule has 0 aromatic heterocycles. The molecule has 0 amide bonds. The van der Waals surface area contributed by atoms with Crippen molar-refractivity contribution in [2.45, 2.75) is 32.7 Å². The van der Waals surface area contributed by atoms with Crippen molar-refractivity contribution >= 4 is 5.69 Å². The maximum absolute atomic E-state index is 2.56. The molecule has 1 aliphatic rings. The molecule has 0 radical (unpaired) electrons. The van der Waals surface area contributed by atoms with Gasteiger partial charge >= 0.3 is 0 Å². The van der Waals surface area contributed by atoms with Crippen LogP contribution in [0.2, 0.25) is 0 Å². The average Bonchev–Trinajstić information content (AvgIpc) is 2.42. The molecular formula is C15H24N2. The Morgan fingerprint density at radius 3 is 2.29 bits per heavy atom. The minimum atomic E-state index is 0.727. The second-order valence-electron chi connectivity index (χ2n) is 4.79. The summed E-state index contributed by atoms with van der Waals surface area (Å²) < 4.78 is 0. The molecule has 1 saturated heterocycles. The van der Waals surface area contributed by atoms with Crippen molar-refractivity contribution in [3.8, 4) is 0 Å². The Bertz CT molecular complexity index is 315. The zero-order chi connectivity index (χ0) is 12.1. The predicted octanol–water partition coefficient (Wildman–Crippen LogP) is 3.00. The molecular weight excluding hydrogens is 208 g/mol. The Kier molecular flexibility index (Phi) is 4.43. The number of hydrogen-bond acceptors (Lipinski definition) is 2. The standard InChI is InChI=1S/C15H24N2/c1-3-16-12-10-15(11-13-16)17(4-2)14-8-6-5-7-9-14/h5-9,15H,3-4,10-13H2,1-2H3. The molecule has 1 aromatic rings. The fraction of sp³-hybridized carbons (Fsp3) is 0.600. The zero-order valence-corrected chi connectivity index (χ0v) is 11.1. The molecule has 0 atom stereocenters. The fourth-order valence-corrected chi connectivity index (χ4v) is 2.82. The third kappa shape index (κ3) is 3.01. The molecule has 1 heterocycles. The summed E-state index contributed by atoms with van der Waals surface area (Å²) in [5.41, 5.74) is 1.38. The van der Waals surface area contributed by atoms with Crippen LogP contribution in [0.3, 0.4) is 0 Å². The lowest BCUT2D eigenvalue weighted by molar-refractivity contribution is 0.219. The molecule has 17 heavy (non-hydrogen) atoms. The van der Waals surface area contributed by atoms with E-state index in [0.717, 1.165) is 12.6 Å². The second-order valence-corrected chi connectivity index (χ2v) is 4.79. The quantitative estimate of drug-likeness (QED) is 0.787. The van der Waals surface area contributed by atoms with Crippen molar-refractivity contribution in [1.82, 2.24) is 4.90 Å². The van der Waals surface area contributed by atoms with E-state index in [-0.39, 0.29) is 0 Å². The first-order valence-electron chi connectivity index (χ1n) is 6.89. The Morgan fingerprint density at radius 2 is 1.76 bits per heavy atom. The first-order valence-corrected chi connectivity index (χ1v) is 6.89. The molecule has 2 nitrogen and oxygen atoms in total. The summed E-state index contributed by atoms with van der Waals surface area (Å²) in [6, 6.07) is 11.6. The van der Waals surface area contributed by atoms with Crippen molar-refractivity contribution in [2.75, 3.05) is 31.1 Å². The molecule has 94 valence electrons. The highest BCUT2D eigenvalue weighted by atomic mass is 15.2. The molecule has 0 saturated carbocycles. The Labute approximate surface area is 105 Å². The molecule has 1 aromatic carbocycles. The fourth-order valence-electron chi connectivity index (χ4n) is 2.82. The molecule has 2 rings (SSSR count). The molecule has 1 aliphatic heterocycles. The summed E-state index contributed by atoms with van der Waals surface area (Å²) in [5.74, 6) is 0. The minimum Gasteiger partial charge on any atom is -0.369 e. The highest BCUT2D eigenvalue weighted by Crippen LogP contribution is 2.22. The monoisotopic (exact) mass is 232 g/mol. The largest absolute Gasteiger partial charge is 0.369 e. The number of nitrogens with zero attached hydrogens (tertiary/aromatic N) is 2. The molecule has 2 heteroatoms. The van der Waals surface area contributed by atoms with Gasteiger partial charge in [0.05, 0.1) is 0 Å². The third-order valence-electron chi connectivity index (χ3n) is 3.87. The first-order chi connectivity index (χ1) is 8.35. The summed E-state index contributed by atoms with van der Waals surface area (Å²) in [6.45, 7) is 9.34. The van der Waals surface area contributed by atoms with Gasteiger partial charge in [0.25, 0.3) is 0 Å². The van der Waals surface area contributed by atoms with Gasteiger partial charge in [-0.1, -0.05) is 25.1 Å². The van der Waals surface area contributed by atoms with Crippen molar-refractivity contribution in [1.29, 1.82) is 0 Å². The maximum Gasteiger partial charge on any atom is 0.0368 e. The van der Waals surface area contributed by atoms with Gasteiger partial charge in [-0.05, 0) is 38.4 Å². The van der Waals surface area contributed by atoms with E-state index in [2.05, 4.69) is 54.0 Å². The van der Waals surface area contributed by atoms with Crippen molar-refractivity contribution in [3.63, 3.8) is 0 Å². The highest BCUT2D eigenvalue weighted by Gasteiger charge is 2.22. The van der Waals surface area contributed by atoms with Crippen LogP contribution in [0.1, 0.15) is 26.7 Å². The Balaban J connectivity index is 2.00. The minimum absolute atomic E-state index is 0.727. The molecule has 0 N–H and O–H groups in total. The Hall–Kier alpha value is -1.02. The van der Waals surface area contributed by atoms with Crippen LogP contribution < -0.4 is 4.90 Å². The van der Waals surface area contributed by atoms with Crippen LogP contribution in [0.25, 0.3) is 0 Å². The van der Waals surface area contributed by atoms with Gasteiger partial charge in [-0.25, -0.2) is 0 Å². The van der Waals surface area contributed by atoms with Gasteiger partial charge in [-0.3, -0.25) is 0 Å². The number of likely N-dealkylation sites (tertiary alicyclic amines) is 1. The summed E-state index contributed by atoms with van der Waals surface area (Å²) >= 11 is 0. The smallest absolute Gasteiger partial charge is 0.0368 e. The van der Waals surface area contributed by atoms with E-state index >= 15 is 0 Å². The highest BCUT2D eigenvalue weighted by molar-refractivity contribution is 5.47. The van der Waals surface area contributed by atoms with Crippen LogP contribution in [0.4, 0.5) is 5.69 Å². The van der Waals surface area contributed by atoms with E-state index in [4.69, 9.17) is 0 Å². The van der Waals surface area contributed by atoms with Gasteiger partial charge in [0.15, 0.2) is 0 Å². The SMILES string of the molecule is CCN1CCC(N(CC)c2ccccc2)CC1. The van der Waals surface area contributed by atoms with Gasteiger partial charge < -0.3 is 9.80 Å². The number of rotatable bonds is 4. The van der Waals surface area contributed by atoms with Crippen LogP contribution in [0.15, 0.2) is 30.3 Å². The second kappa shape index (κ2) is 6.06. The summed E-state index contributed by atoms with van der Waals surface area (Å²) in [5, 5.41) is 0. The van der Waals surface area contributed by atoms with E-state index in [9.17, 15) is 0 Å². The normalized spacial score (nSPS) is 18.2. The van der Waals surface area contributed by atoms with Crippen LogP contribution in [-0.2, 0) is 0 Å². The number of hydrogen-bond donors (Lipinski definition) is 0. The van der Waals surface area contributed by atoms with Gasteiger partial charge in [0.1, 0.15) is 0 Å². The lowest BCUT2D eigenvalue weighted by Crippen LogP contribution is -2.44. The zero-order valence-electron chi connectivity index (χ0n) is 11.1. The van der Waals surface area contributed by atoms with E-state index in [0.29, 0.717) is 0 Å². The molecule has 1 fully saturated rings. The molecule has 0 spiro atoms. The predicted molar refractivity (Wildman–Crippen MR) is 74.6 cm³/mol. The van der Waals surface area contributed by atoms with Crippen LogP contribution >= 0.6 is 0 Å². The average molecular weight is 232 g/mol. The van der Waals surface area contributed by atoms with Gasteiger partial charge in [-0.15, -0.1) is 0 Å². The number of piperidine rings is 1. The Morgan fingerprint density at radius 1 is 1.12 bits per heavy atom. The van der Waals surface area contributed by atoms with Crippen LogP contribution in [-0.4, -0.2) is 37.1 Å². The van der Waals surface area contributed by atoms with Gasteiger partial charge in [0.2, 0.25) is 0 Å². The maximum atomic E-state index is 2.56. The van der Waals surface area contributed by atoms with Gasteiger partial charge in [0, 0.05) is 31.4 Å². The summed E-state index contributed by atoms with van der Waals surface area (Å²) in [7, 11) is 0. The van der Waals surface area contributed by atoms with Crippen LogP contribution in [0, 0.1) is 0 Å². The van der Waals surface area contributed by atoms with Gasteiger partial charge in [-0.2, -0.15) is 0 Å². The number of anilines is 1. The van der Waals surface area contributed by atoms with Crippen molar-refractivity contribution in [2.24, 2.45) is 0 Å². The molecule has 0 aliphatic carbocycles. The number of benzene rings is 1.